The molecule has 3 N–H and O–H groups in total. The number of nitrogen functional groups attached to an aromatic ring is 1. The fourth-order valence-electron chi connectivity index (χ4n) is 5.59. The summed E-state index contributed by atoms with van der Waals surface area (Å²) >= 11 is 0. The molecule has 17 heteroatoms. The van der Waals surface area contributed by atoms with E-state index < -0.39 is 73.0 Å². The van der Waals surface area contributed by atoms with E-state index in [1.54, 1.807) is 58.0 Å². The standard InChI is InChI=1S/C33H41N6O10P/c1-7-8-16-44-30(42)21(6)38-50(43,48-22-12-10-9-11-13-22)49-31-32(17-34)33(31,47-29(41)20(4)5)26(45-28(40)19(2)3)25(46-32)23-14-15-24-27(35)36-18-37-39(23)24/h9-15,18-21,25-26,31H,7-8,16H2,1-6H3,(H,38,43)(H2,35,36,37)/t21-,25-,26-,31+,32+,33+,50?/m0/s1. The summed E-state index contributed by atoms with van der Waals surface area (Å²) < 4.78 is 51.8. The van der Waals surface area contributed by atoms with E-state index in [0.717, 1.165) is 6.42 Å². The molecule has 1 saturated heterocycles. The van der Waals surface area contributed by atoms with Gasteiger partial charge in [-0.25, -0.2) is 14.1 Å². The number of anilines is 1. The van der Waals surface area contributed by atoms with Crippen LogP contribution in [0, 0.1) is 23.2 Å². The van der Waals surface area contributed by atoms with Crippen molar-refractivity contribution in [3.63, 3.8) is 0 Å². The summed E-state index contributed by atoms with van der Waals surface area (Å²) in [5.74, 6) is -3.34. The van der Waals surface area contributed by atoms with Gasteiger partial charge in [0.1, 0.15) is 35.8 Å². The first-order chi connectivity index (χ1) is 23.7. The molecule has 0 amide bonds. The number of rotatable bonds is 15. The summed E-state index contributed by atoms with van der Waals surface area (Å²) in [6.45, 7) is 9.84. The molecule has 1 aromatic carbocycles. The van der Waals surface area contributed by atoms with Crippen molar-refractivity contribution in [2.24, 2.45) is 11.8 Å². The molecule has 50 heavy (non-hydrogen) atoms. The third-order valence-corrected chi connectivity index (χ3v) is 9.99. The maximum Gasteiger partial charge on any atom is 0.460 e. The van der Waals surface area contributed by atoms with Gasteiger partial charge in [-0.1, -0.05) is 59.2 Å². The zero-order valence-electron chi connectivity index (χ0n) is 28.6. The minimum atomic E-state index is -4.66. The van der Waals surface area contributed by atoms with E-state index >= 15 is 0 Å². The Morgan fingerprint density at radius 3 is 2.42 bits per heavy atom. The highest BCUT2D eigenvalue weighted by Gasteiger charge is 2.95. The predicted octanol–water partition coefficient (Wildman–Crippen LogP) is 4.06. The predicted molar refractivity (Wildman–Crippen MR) is 176 cm³/mol. The maximum absolute atomic E-state index is 14.7. The van der Waals surface area contributed by atoms with Crippen molar-refractivity contribution in [1.29, 1.82) is 5.26 Å². The van der Waals surface area contributed by atoms with Crippen molar-refractivity contribution in [3.05, 3.63) is 54.5 Å². The quantitative estimate of drug-likeness (QED) is 0.0983. The Morgan fingerprint density at radius 1 is 1.08 bits per heavy atom. The van der Waals surface area contributed by atoms with Crippen LogP contribution in [0.4, 0.5) is 5.82 Å². The van der Waals surface area contributed by atoms with Crippen LogP contribution in [0.1, 0.15) is 66.2 Å². The number of hydrogen-bond acceptors (Lipinski definition) is 14. The van der Waals surface area contributed by atoms with Crippen molar-refractivity contribution in [3.8, 4) is 11.8 Å². The first-order valence-electron chi connectivity index (χ1n) is 16.3. The number of unbranched alkanes of at least 4 members (excludes halogenated alkanes) is 1. The molecule has 5 rings (SSSR count). The van der Waals surface area contributed by atoms with Crippen LogP contribution in [0.15, 0.2) is 48.8 Å². The summed E-state index contributed by atoms with van der Waals surface area (Å²) in [6, 6.07) is 12.0. The Kier molecular flexibility index (Phi) is 10.5. The SMILES string of the molecule is CCCCOC(=O)[C@H](C)NP(=O)(Oc1ccccc1)O[C@H]1[C@]2(OC(=O)C(C)C)[C@@H](OC(=O)C(C)C)[C@H](c3ccc4c(N)ncnn34)O[C@]12C#N. The van der Waals surface area contributed by atoms with E-state index in [0.29, 0.717) is 17.6 Å². The minimum absolute atomic E-state index is 0.0958. The number of nitrogens with two attached hydrogens (primary N) is 1. The molecule has 1 aliphatic carbocycles. The van der Waals surface area contributed by atoms with Gasteiger partial charge in [0.15, 0.2) is 18.0 Å². The van der Waals surface area contributed by atoms with Crippen molar-refractivity contribution < 1.29 is 46.9 Å². The largest absolute Gasteiger partial charge is 0.465 e. The number of nitrogens with one attached hydrogen (secondary N) is 1. The molecule has 1 aliphatic heterocycles. The van der Waals surface area contributed by atoms with Gasteiger partial charge in [-0.3, -0.25) is 18.9 Å². The van der Waals surface area contributed by atoms with Gasteiger partial charge in [-0.2, -0.15) is 15.4 Å². The lowest BCUT2D eigenvalue weighted by atomic mass is 10.0. The van der Waals surface area contributed by atoms with E-state index in [9.17, 15) is 24.2 Å². The zero-order valence-corrected chi connectivity index (χ0v) is 29.5. The molecule has 0 radical (unpaired) electrons. The van der Waals surface area contributed by atoms with Gasteiger partial charge in [-0.05, 0) is 37.6 Å². The molecule has 3 aromatic rings. The molecule has 2 aliphatic rings. The zero-order chi connectivity index (χ0) is 36.4. The van der Waals surface area contributed by atoms with E-state index in [1.807, 2.05) is 6.92 Å². The lowest BCUT2D eigenvalue weighted by Gasteiger charge is -2.30. The van der Waals surface area contributed by atoms with Gasteiger partial charge in [0.2, 0.25) is 11.2 Å². The molecule has 1 saturated carbocycles. The van der Waals surface area contributed by atoms with Crippen LogP contribution in [0.2, 0.25) is 0 Å². The molecular weight excluding hydrogens is 671 g/mol. The second-order valence-corrected chi connectivity index (χ2v) is 14.4. The van der Waals surface area contributed by atoms with Crippen LogP contribution in [0.25, 0.3) is 5.52 Å². The Labute approximate surface area is 289 Å². The number of nitriles is 1. The topological polar surface area (TPSA) is 216 Å². The maximum atomic E-state index is 14.7. The van der Waals surface area contributed by atoms with Crippen molar-refractivity contribution in [1.82, 2.24) is 19.7 Å². The lowest BCUT2D eigenvalue weighted by Crippen LogP contribution is -2.45. The summed E-state index contributed by atoms with van der Waals surface area (Å²) in [7, 11) is -4.66. The number of ether oxygens (including phenoxy) is 4. The van der Waals surface area contributed by atoms with Crippen molar-refractivity contribution in [2.45, 2.75) is 89.9 Å². The van der Waals surface area contributed by atoms with Crippen molar-refractivity contribution in [2.75, 3.05) is 12.3 Å². The number of para-hydroxylation sites is 1. The van der Waals surface area contributed by atoms with Crippen molar-refractivity contribution >= 4 is 37.0 Å². The Balaban J connectivity index is 1.60. The fourth-order valence-corrected chi connectivity index (χ4v) is 7.31. The van der Waals surface area contributed by atoms with Gasteiger partial charge in [-0.15, -0.1) is 0 Å². The number of fused-ring (bicyclic) bond motifs is 2. The first kappa shape index (κ1) is 36.7. The normalized spacial score (nSPS) is 25.7. The second kappa shape index (κ2) is 14.4. The Morgan fingerprint density at radius 2 is 1.78 bits per heavy atom. The van der Waals surface area contributed by atoms with E-state index in [-0.39, 0.29) is 18.2 Å². The molecule has 16 nitrogen and oxygen atoms in total. The summed E-state index contributed by atoms with van der Waals surface area (Å²) in [5, 5.41) is 17.7. The van der Waals surface area contributed by atoms with Crippen LogP contribution < -0.4 is 15.3 Å². The number of hydrogen-bond donors (Lipinski definition) is 2. The van der Waals surface area contributed by atoms with Gasteiger partial charge >= 0.3 is 25.7 Å². The molecular formula is C33H41N6O10P. The van der Waals surface area contributed by atoms with Crippen LogP contribution in [0.3, 0.4) is 0 Å². The van der Waals surface area contributed by atoms with Crippen LogP contribution in [0.5, 0.6) is 5.75 Å². The summed E-state index contributed by atoms with van der Waals surface area (Å²) in [6.07, 6.45) is -1.82. The van der Waals surface area contributed by atoms with E-state index in [2.05, 4.69) is 21.2 Å². The van der Waals surface area contributed by atoms with Gasteiger partial charge < -0.3 is 29.2 Å². The number of carbonyl (C=O) groups excluding carboxylic acids is 3. The molecule has 0 bridgehead atoms. The highest BCUT2D eigenvalue weighted by atomic mass is 31.2. The Bertz CT molecular complexity index is 1830. The van der Waals surface area contributed by atoms with Crippen LogP contribution >= 0.6 is 7.75 Å². The van der Waals surface area contributed by atoms with Gasteiger partial charge in [0, 0.05) is 0 Å². The Hall–Kier alpha value is -4.55. The van der Waals surface area contributed by atoms with Gasteiger partial charge in [0.05, 0.1) is 24.1 Å². The number of carbonyl (C=O) groups is 3. The number of nitrogens with zero attached hydrogens (tertiary/aromatic N) is 4. The first-order valence-corrected chi connectivity index (χ1v) is 17.9. The minimum Gasteiger partial charge on any atom is -0.465 e. The van der Waals surface area contributed by atoms with Crippen LogP contribution in [-0.2, 0) is 42.4 Å². The molecule has 2 aromatic heterocycles. The lowest BCUT2D eigenvalue weighted by molar-refractivity contribution is -0.181. The molecule has 268 valence electrons. The molecule has 3 heterocycles. The highest BCUT2D eigenvalue weighted by Crippen LogP contribution is 2.71. The smallest absolute Gasteiger partial charge is 0.460 e. The molecule has 2 fully saturated rings. The number of esters is 3. The van der Waals surface area contributed by atoms with E-state index in [1.165, 1.54) is 29.9 Å². The average Bonchev–Trinajstić information content (AvgIpc) is 3.32. The summed E-state index contributed by atoms with van der Waals surface area (Å²) in [5.41, 5.74) is 2.41. The van der Waals surface area contributed by atoms with Crippen LogP contribution in [-0.4, -0.2) is 68.6 Å². The van der Waals surface area contributed by atoms with Gasteiger partial charge in [0.25, 0.3) is 0 Å². The summed E-state index contributed by atoms with van der Waals surface area (Å²) in [4.78, 5) is 43.5. The highest BCUT2D eigenvalue weighted by molar-refractivity contribution is 7.52. The average molecular weight is 713 g/mol. The molecule has 7 atom stereocenters. The third-order valence-electron chi connectivity index (χ3n) is 8.35. The van der Waals surface area contributed by atoms with E-state index in [4.69, 9.17) is 33.7 Å². The molecule has 0 spiro atoms. The molecule has 1 unspecified atom stereocenters. The monoisotopic (exact) mass is 712 g/mol. The fraction of sp³-hybridized carbons (Fsp3) is 0.515. The second-order valence-electron chi connectivity index (χ2n) is 12.7. The number of aromatic nitrogens is 3. The third kappa shape index (κ3) is 6.66. The number of benzene rings is 1.